The fraction of sp³-hybridized carbons (Fsp3) is 0.500. The number of ether oxygens (including phenoxy) is 1. The van der Waals surface area contributed by atoms with Crippen LogP contribution in [0.15, 0.2) is 18.3 Å². The third kappa shape index (κ3) is 4.39. The van der Waals surface area contributed by atoms with Crippen LogP contribution in [0.25, 0.3) is 0 Å². The first-order valence-corrected chi connectivity index (χ1v) is 5.43. The molecule has 1 N–H and O–H groups in total. The van der Waals surface area contributed by atoms with Crippen LogP contribution < -0.4 is 5.32 Å². The first-order valence-electron chi connectivity index (χ1n) is 5.43. The second-order valence-electron chi connectivity index (χ2n) is 3.56. The van der Waals surface area contributed by atoms with Crippen molar-refractivity contribution in [2.45, 2.75) is 26.5 Å². The van der Waals surface area contributed by atoms with E-state index in [4.69, 9.17) is 10.00 Å². The Morgan fingerprint density at radius 3 is 3.12 bits per heavy atom. The number of rotatable bonds is 6. The number of nitrogens with one attached hydrogen (secondary N) is 1. The Hall–Kier alpha value is -1.44. The highest BCUT2D eigenvalue weighted by molar-refractivity contribution is 5.25. The minimum absolute atomic E-state index is 0.210. The average molecular weight is 219 g/mol. The number of hydrogen-bond donors (Lipinski definition) is 1. The molecule has 0 spiro atoms. The molecule has 4 nitrogen and oxygen atoms in total. The van der Waals surface area contributed by atoms with Gasteiger partial charge in [-0.25, -0.2) is 4.98 Å². The van der Waals surface area contributed by atoms with Gasteiger partial charge in [-0.1, -0.05) is 0 Å². The molecule has 0 aliphatic carbocycles. The molecule has 0 radical (unpaired) electrons. The summed E-state index contributed by atoms with van der Waals surface area (Å²) >= 11 is 0. The largest absolute Gasteiger partial charge is 0.377 e. The summed E-state index contributed by atoms with van der Waals surface area (Å²) in [5, 5.41) is 12.0. The lowest BCUT2D eigenvalue weighted by atomic mass is 10.2. The van der Waals surface area contributed by atoms with Gasteiger partial charge in [-0.3, -0.25) is 0 Å². The van der Waals surface area contributed by atoms with Crippen LogP contribution in [0.5, 0.6) is 0 Å². The van der Waals surface area contributed by atoms with Gasteiger partial charge in [0.25, 0.3) is 0 Å². The molecule has 1 atom stereocenters. The van der Waals surface area contributed by atoms with E-state index in [0.717, 1.165) is 25.3 Å². The maximum atomic E-state index is 8.69. The normalized spacial score (nSPS) is 12.1. The molecular formula is C12H17N3O. The molecule has 1 aromatic heterocycles. The smallest absolute Gasteiger partial charge is 0.140 e. The van der Waals surface area contributed by atoms with Gasteiger partial charge in [0.05, 0.1) is 6.10 Å². The zero-order valence-electron chi connectivity index (χ0n) is 9.73. The molecule has 86 valence electrons. The lowest BCUT2D eigenvalue weighted by Gasteiger charge is -2.12. The Kier molecular flexibility index (Phi) is 5.48. The first kappa shape index (κ1) is 12.6. The maximum absolute atomic E-state index is 8.69. The van der Waals surface area contributed by atoms with Crippen LogP contribution in [0.1, 0.15) is 25.1 Å². The molecule has 1 heterocycles. The van der Waals surface area contributed by atoms with Crippen molar-refractivity contribution in [3.63, 3.8) is 0 Å². The Balaban J connectivity index is 2.34. The molecule has 1 unspecified atom stereocenters. The van der Waals surface area contributed by atoms with Gasteiger partial charge in [-0.05, 0) is 31.5 Å². The second kappa shape index (κ2) is 6.94. The van der Waals surface area contributed by atoms with Gasteiger partial charge in [0.15, 0.2) is 0 Å². The fourth-order valence-corrected chi connectivity index (χ4v) is 1.41. The zero-order chi connectivity index (χ0) is 11.8. The van der Waals surface area contributed by atoms with Crippen molar-refractivity contribution in [1.82, 2.24) is 10.3 Å². The zero-order valence-corrected chi connectivity index (χ0v) is 9.73. The van der Waals surface area contributed by atoms with Gasteiger partial charge >= 0.3 is 0 Å². The summed E-state index contributed by atoms with van der Waals surface area (Å²) < 4.78 is 5.40. The van der Waals surface area contributed by atoms with Gasteiger partial charge in [0.2, 0.25) is 0 Å². The van der Waals surface area contributed by atoms with Crippen LogP contribution in [0.2, 0.25) is 0 Å². The van der Waals surface area contributed by atoms with Crippen LogP contribution in [-0.4, -0.2) is 24.2 Å². The van der Waals surface area contributed by atoms with Crippen molar-refractivity contribution < 1.29 is 4.74 Å². The van der Waals surface area contributed by atoms with E-state index in [1.54, 1.807) is 12.3 Å². The predicted molar refractivity (Wildman–Crippen MR) is 61.7 cm³/mol. The summed E-state index contributed by atoms with van der Waals surface area (Å²) in [5.41, 5.74) is 1.52. The average Bonchev–Trinajstić information content (AvgIpc) is 2.30. The Morgan fingerprint density at radius 1 is 1.62 bits per heavy atom. The SMILES string of the molecule is CCOC(C)CNCc1ccnc(C#N)c1. The Labute approximate surface area is 96.3 Å². The van der Waals surface area contributed by atoms with Gasteiger partial charge < -0.3 is 10.1 Å². The molecule has 0 amide bonds. The van der Waals surface area contributed by atoms with Gasteiger partial charge in [-0.15, -0.1) is 0 Å². The molecule has 0 aliphatic rings. The molecule has 0 bridgehead atoms. The molecule has 1 rings (SSSR count). The molecule has 0 aromatic carbocycles. The van der Waals surface area contributed by atoms with Crippen molar-refractivity contribution in [3.8, 4) is 6.07 Å². The quantitative estimate of drug-likeness (QED) is 0.787. The van der Waals surface area contributed by atoms with Crippen LogP contribution in [0.3, 0.4) is 0 Å². The third-order valence-electron chi connectivity index (χ3n) is 2.15. The van der Waals surface area contributed by atoms with Crippen molar-refractivity contribution in [2.24, 2.45) is 0 Å². The highest BCUT2D eigenvalue weighted by Crippen LogP contribution is 2.00. The van der Waals surface area contributed by atoms with Gasteiger partial charge in [0, 0.05) is 25.9 Å². The highest BCUT2D eigenvalue weighted by atomic mass is 16.5. The monoisotopic (exact) mass is 219 g/mol. The maximum Gasteiger partial charge on any atom is 0.140 e. The molecule has 16 heavy (non-hydrogen) atoms. The van der Waals surface area contributed by atoms with Gasteiger partial charge in [0.1, 0.15) is 11.8 Å². The minimum Gasteiger partial charge on any atom is -0.377 e. The number of nitriles is 1. The molecule has 0 aliphatic heterocycles. The Morgan fingerprint density at radius 2 is 2.44 bits per heavy atom. The fourth-order valence-electron chi connectivity index (χ4n) is 1.41. The highest BCUT2D eigenvalue weighted by Gasteiger charge is 2.00. The van der Waals surface area contributed by atoms with Crippen molar-refractivity contribution in [2.75, 3.05) is 13.2 Å². The van der Waals surface area contributed by atoms with Gasteiger partial charge in [-0.2, -0.15) is 5.26 Å². The topological polar surface area (TPSA) is 57.9 Å². The summed E-state index contributed by atoms with van der Waals surface area (Å²) in [6.07, 6.45) is 1.86. The number of aromatic nitrogens is 1. The summed E-state index contributed by atoms with van der Waals surface area (Å²) in [7, 11) is 0. The second-order valence-corrected chi connectivity index (χ2v) is 3.56. The van der Waals surface area contributed by atoms with E-state index < -0.39 is 0 Å². The Bertz CT molecular complexity index is 360. The summed E-state index contributed by atoms with van der Waals surface area (Å²) in [6, 6.07) is 5.72. The molecule has 1 aromatic rings. The van der Waals surface area contributed by atoms with E-state index in [1.165, 1.54) is 0 Å². The molecule has 4 heteroatoms. The lowest BCUT2D eigenvalue weighted by molar-refractivity contribution is 0.0759. The van der Waals surface area contributed by atoms with E-state index >= 15 is 0 Å². The van der Waals surface area contributed by atoms with E-state index in [9.17, 15) is 0 Å². The number of hydrogen-bond acceptors (Lipinski definition) is 4. The summed E-state index contributed by atoms with van der Waals surface area (Å²) in [6.45, 7) is 6.28. The van der Waals surface area contributed by atoms with Crippen molar-refractivity contribution in [3.05, 3.63) is 29.6 Å². The molecular weight excluding hydrogens is 202 g/mol. The summed E-state index contributed by atoms with van der Waals surface area (Å²) in [5.74, 6) is 0. The molecule has 0 saturated carbocycles. The predicted octanol–water partition coefficient (Wildman–Crippen LogP) is 1.47. The first-order chi connectivity index (χ1) is 7.76. The third-order valence-corrected chi connectivity index (χ3v) is 2.15. The van der Waals surface area contributed by atoms with E-state index in [1.807, 2.05) is 26.0 Å². The van der Waals surface area contributed by atoms with Crippen molar-refractivity contribution >= 4 is 0 Å². The van der Waals surface area contributed by atoms with E-state index in [0.29, 0.717) is 5.69 Å². The number of nitrogens with zero attached hydrogens (tertiary/aromatic N) is 2. The lowest BCUT2D eigenvalue weighted by Crippen LogP contribution is -2.26. The van der Waals surface area contributed by atoms with Crippen LogP contribution >= 0.6 is 0 Å². The van der Waals surface area contributed by atoms with Crippen LogP contribution in [0.4, 0.5) is 0 Å². The summed E-state index contributed by atoms with van der Waals surface area (Å²) in [4.78, 5) is 3.92. The molecule has 0 saturated heterocycles. The van der Waals surface area contributed by atoms with Crippen LogP contribution in [0, 0.1) is 11.3 Å². The van der Waals surface area contributed by atoms with Crippen LogP contribution in [-0.2, 0) is 11.3 Å². The minimum atomic E-state index is 0.210. The van der Waals surface area contributed by atoms with E-state index in [2.05, 4.69) is 10.3 Å². The standard InChI is InChI=1S/C12H17N3O/c1-3-16-10(2)8-14-9-11-4-5-15-12(6-11)7-13/h4-6,10,14H,3,8-9H2,1-2H3. The van der Waals surface area contributed by atoms with Crippen molar-refractivity contribution in [1.29, 1.82) is 5.26 Å². The molecule has 0 fully saturated rings. The van der Waals surface area contributed by atoms with E-state index in [-0.39, 0.29) is 6.10 Å². The number of pyridine rings is 1.